The van der Waals surface area contributed by atoms with Crippen LogP contribution in [0.4, 0.5) is 8.78 Å². The Balaban J connectivity index is 1.28. The predicted molar refractivity (Wildman–Crippen MR) is 133 cm³/mol. The number of allylic oxidation sites excluding steroid dienone is 2. The average molecular weight is 494 g/mol. The summed E-state index contributed by atoms with van der Waals surface area (Å²) in [6, 6.07) is 4.15. The third kappa shape index (κ3) is 4.28. The lowest BCUT2D eigenvalue weighted by Gasteiger charge is -2.30. The van der Waals surface area contributed by atoms with Crippen LogP contribution in [0, 0.1) is 28.9 Å². The van der Waals surface area contributed by atoms with Crippen molar-refractivity contribution >= 4 is 22.5 Å². The van der Waals surface area contributed by atoms with Crippen molar-refractivity contribution in [2.45, 2.75) is 39.0 Å². The molecule has 2 bridgehead atoms. The van der Waals surface area contributed by atoms with Gasteiger partial charge < -0.3 is 19.6 Å². The van der Waals surface area contributed by atoms with Gasteiger partial charge in [-0.15, -0.1) is 0 Å². The molecule has 1 fully saturated rings. The number of hydrogen-bond acceptors (Lipinski definition) is 5. The third-order valence-electron chi connectivity index (χ3n) is 7.64. The molecule has 1 saturated carbocycles. The van der Waals surface area contributed by atoms with E-state index in [1.165, 1.54) is 37.0 Å². The zero-order valence-corrected chi connectivity index (χ0v) is 20.2. The van der Waals surface area contributed by atoms with Crippen molar-refractivity contribution in [1.82, 2.24) is 9.97 Å². The fourth-order valence-electron chi connectivity index (χ4n) is 5.61. The number of aromatic nitrogens is 2. The van der Waals surface area contributed by atoms with E-state index in [4.69, 9.17) is 9.47 Å². The number of aliphatic hydroxyl groups excluding tert-OH is 1. The molecule has 36 heavy (non-hydrogen) atoms. The Bertz CT molecular complexity index is 1360. The molecular weight excluding hydrogens is 464 g/mol. The molecule has 1 aliphatic heterocycles. The van der Waals surface area contributed by atoms with E-state index in [0.717, 1.165) is 17.4 Å². The molecule has 6 nitrogen and oxygen atoms in total. The summed E-state index contributed by atoms with van der Waals surface area (Å²) in [6.07, 6.45) is 10.7. The molecule has 3 heterocycles. The number of aliphatic imine (C=N–C) groups is 1. The minimum Gasteiger partial charge on any atom is -0.480 e. The Kier molecular flexibility index (Phi) is 5.79. The molecule has 2 aromatic heterocycles. The predicted octanol–water partition coefficient (Wildman–Crippen LogP) is 5.81. The lowest BCUT2D eigenvalue weighted by molar-refractivity contribution is 0.0691. The Hall–Kier alpha value is -3.26. The highest BCUT2D eigenvalue weighted by molar-refractivity contribution is 5.95. The number of aliphatic hydroxyl groups is 1. The van der Waals surface area contributed by atoms with Gasteiger partial charge in [-0.05, 0) is 66.9 Å². The normalized spacial score (nSPS) is 25.4. The fraction of sp³-hybridized carbons (Fsp3) is 0.429. The number of halogens is 2. The first kappa shape index (κ1) is 23.2. The van der Waals surface area contributed by atoms with Gasteiger partial charge >= 0.3 is 0 Å². The maximum Gasteiger partial charge on any atom is 0.198 e. The summed E-state index contributed by atoms with van der Waals surface area (Å²) in [5, 5.41) is 10.2. The van der Waals surface area contributed by atoms with E-state index in [2.05, 4.69) is 21.0 Å². The van der Waals surface area contributed by atoms with Crippen molar-refractivity contribution in [2.75, 3.05) is 19.8 Å². The van der Waals surface area contributed by atoms with Crippen LogP contribution < -0.4 is 4.74 Å². The van der Waals surface area contributed by atoms with Gasteiger partial charge in [0, 0.05) is 29.8 Å². The molecule has 3 unspecified atom stereocenters. The van der Waals surface area contributed by atoms with E-state index in [9.17, 15) is 5.11 Å². The Morgan fingerprint density at radius 3 is 2.81 bits per heavy atom. The molecule has 6 rings (SSSR count). The van der Waals surface area contributed by atoms with Gasteiger partial charge in [-0.25, -0.2) is 13.8 Å². The van der Waals surface area contributed by atoms with E-state index in [0.29, 0.717) is 47.8 Å². The van der Waals surface area contributed by atoms with Gasteiger partial charge in [0.05, 0.1) is 25.1 Å². The number of ether oxygens (including phenoxy) is 2. The standard InChI is InChI=1S/C28H29F2N3O3/c1-28(14-34)13-33-24(35-15-28)11-18-9-21(29)26(22(30)10-18)36-23-4-5-31-27-25(23)20(12-32-27)19-7-16-2-3-17(6-16)8-19/h4-5,7,9-10,12,16-17,34H,2-3,6,8,11,13-15H2,1H3,(H,31,32). The summed E-state index contributed by atoms with van der Waals surface area (Å²) in [4.78, 5) is 11.9. The maximum atomic E-state index is 15.1. The van der Waals surface area contributed by atoms with Crippen LogP contribution in [0.5, 0.6) is 11.5 Å². The van der Waals surface area contributed by atoms with E-state index < -0.39 is 22.8 Å². The van der Waals surface area contributed by atoms with Crippen LogP contribution in [-0.4, -0.2) is 40.7 Å². The van der Waals surface area contributed by atoms with Gasteiger partial charge in [0.1, 0.15) is 11.4 Å². The number of rotatable bonds is 6. The first-order valence-electron chi connectivity index (χ1n) is 12.5. The molecule has 0 spiro atoms. The number of hydrogen-bond donors (Lipinski definition) is 2. The summed E-state index contributed by atoms with van der Waals surface area (Å²) in [6.45, 7) is 2.55. The second kappa shape index (κ2) is 9.00. The highest BCUT2D eigenvalue weighted by atomic mass is 19.1. The molecular formula is C28H29F2N3O3. The number of fused-ring (bicyclic) bond motifs is 3. The summed E-state index contributed by atoms with van der Waals surface area (Å²) < 4.78 is 41.7. The molecule has 2 aliphatic carbocycles. The van der Waals surface area contributed by atoms with E-state index in [-0.39, 0.29) is 13.0 Å². The SMILES string of the molecule is CC1(CO)CN=C(Cc2cc(F)c(Oc3ccnc4[nH]cc(C5=CC6CCC(C5)C6)c34)c(F)c2)OC1. The summed E-state index contributed by atoms with van der Waals surface area (Å²) in [7, 11) is 0. The van der Waals surface area contributed by atoms with Crippen LogP contribution >= 0.6 is 0 Å². The molecule has 3 aromatic rings. The van der Waals surface area contributed by atoms with Crippen LogP contribution in [0.15, 0.2) is 41.7 Å². The monoisotopic (exact) mass is 493 g/mol. The third-order valence-corrected chi connectivity index (χ3v) is 7.64. The zero-order valence-electron chi connectivity index (χ0n) is 20.2. The number of nitrogens with one attached hydrogen (secondary N) is 1. The molecule has 8 heteroatoms. The average Bonchev–Trinajstić information content (AvgIpc) is 3.46. The Morgan fingerprint density at radius 1 is 1.25 bits per heavy atom. The van der Waals surface area contributed by atoms with Crippen molar-refractivity contribution in [3.05, 3.63) is 59.4 Å². The van der Waals surface area contributed by atoms with E-state index >= 15 is 8.78 Å². The molecule has 2 N–H and O–H groups in total. The van der Waals surface area contributed by atoms with E-state index in [1.807, 2.05) is 13.1 Å². The number of nitrogens with zero attached hydrogens (tertiary/aromatic N) is 2. The van der Waals surface area contributed by atoms with Crippen molar-refractivity contribution < 1.29 is 23.4 Å². The van der Waals surface area contributed by atoms with Gasteiger partial charge in [-0.3, -0.25) is 4.99 Å². The fourth-order valence-corrected chi connectivity index (χ4v) is 5.61. The van der Waals surface area contributed by atoms with Crippen molar-refractivity contribution in [3.8, 4) is 11.5 Å². The van der Waals surface area contributed by atoms with Crippen LogP contribution in [0.1, 0.15) is 43.7 Å². The molecule has 0 saturated heterocycles. The highest BCUT2D eigenvalue weighted by Crippen LogP contribution is 2.46. The van der Waals surface area contributed by atoms with Crippen molar-refractivity contribution in [3.63, 3.8) is 0 Å². The van der Waals surface area contributed by atoms with Crippen molar-refractivity contribution in [1.29, 1.82) is 0 Å². The van der Waals surface area contributed by atoms with Crippen molar-refractivity contribution in [2.24, 2.45) is 22.2 Å². The molecule has 1 aromatic carbocycles. The highest BCUT2D eigenvalue weighted by Gasteiger charge is 2.31. The molecule has 188 valence electrons. The Morgan fingerprint density at radius 2 is 2.08 bits per heavy atom. The largest absolute Gasteiger partial charge is 0.480 e. The van der Waals surface area contributed by atoms with Gasteiger partial charge in [0.25, 0.3) is 0 Å². The van der Waals surface area contributed by atoms with Crippen LogP contribution in [0.25, 0.3) is 16.6 Å². The summed E-state index contributed by atoms with van der Waals surface area (Å²) in [5.74, 6) is 0.0216. The molecule has 3 atom stereocenters. The first-order chi connectivity index (χ1) is 17.4. The summed E-state index contributed by atoms with van der Waals surface area (Å²) in [5.41, 5.74) is 2.83. The van der Waals surface area contributed by atoms with E-state index in [1.54, 1.807) is 12.3 Å². The molecule has 0 radical (unpaired) electrons. The van der Waals surface area contributed by atoms with Gasteiger partial charge in [0.15, 0.2) is 23.3 Å². The Labute approximate surface area is 208 Å². The van der Waals surface area contributed by atoms with Crippen LogP contribution in [0.3, 0.4) is 0 Å². The second-order valence-electron chi connectivity index (χ2n) is 10.7. The number of pyridine rings is 1. The maximum absolute atomic E-state index is 15.1. The minimum absolute atomic E-state index is 0.0390. The molecule has 3 aliphatic rings. The minimum atomic E-state index is -0.793. The van der Waals surface area contributed by atoms with Gasteiger partial charge in [0.2, 0.25) is 0 Å². The lowest BCUT2D eigenvalue weighted by Crippen LogP contribution is -2.36. The lowest BCUT2D eigenvalue weighted by atomic mass is 9.86. The van der Waals surface area contributed by atoms with Gasteiger partial charge in [-0.2, -0.15) is 0 Å². The zero-order chi connectivity index (χ0) is 24.9. The quantitative estimate of drug-likeness (QED) is 0.454. The number of H-pyrrole nitrogens is 1. The summed E-state index contributed by atoms with van der Waals surface area (Å²) >= 11 is 0. The number of benzene rings is 1. The smallest absolute Gasteiger partial charge is 0.198 e. The van der Waals surface area contributed by atoms with Gasteiger partial charge in [-0.1, -0.05) is 13.0 Å². The molecule has 0 amide bonds. The number of aromatic amines is 1. The topological polar surface area (TPSA) is 79.7 Å². The first-order valence-corrected chi connectivity index (χ1v) is 12.5. The van der Waals surface area contributed by atoms with Crippen LogP contribution in [0.2, 0.25) is 0 Å². The van der Waals surface area contributed by atoms with Crippen LogP contribution in [-0.2, 0) is 11.2 Å². The second-order valence-corrected chi connectivity index (χ2v) is 10.7.